The molecule has 0 atom stereocenters. The molecule has 2 nitrogen and oxygen atoms in total. The van der Waals surface area contributed by atoms with Crippen molar-refractivity contribution in [3.63, 3.8) is 0 Å². The van der Waals surface area contributed by atoms with Gasteiger partial charge in [0.1, 0.15) is 0 Å². The summed E-state index contributed by atoms with van der Waals surface area (Å²) in [5.74, 6) is 0.859. The van der Waals surface area contributed by atoms with E-state index in [-0.39, 0.29) is 0 Å². The van der Waals surface area contributed by atoms with Gasteiger partial charge in [-0.2, -0.15) is 5.10 Å². The topological polar surface area (TPSA) is 17.8 Å². The van der Waals surface area contributed by atoms with Gasteiger partial charge in [0.15, 0.2) is 0 Å². The summed E-state index contributed by atoms with van der Waals surface area (Å²) in [6.07, 6.45) is 4.77. The highest BCUT2D eigenvalue weighted by atomic mass is 35.5. The van der Waals surface area contributed by atoms with Crippen LogP contribution in [-0.4, -0.2) is 9.78 Å². The van der Waals surface area contributed by atoms with Crippen molar-refractivity contribution in [3.8, 4) is 11.3 Å². The Balaban J connectivity index is 1.82. The van der Waals surface area contributed by atoms with Crippen molar-refractivity contribution in [2.75, 3.05) is 0 Å². The van der Waals surface area contributed by atoms with E-state index >= 15 is 0 Å². The standard InChI is InChI=1S/C13H13ClN2/c14-12-5-3-11(4-6-12)13-7-8-16(15-13)9-10-1-2-10/h3-8,10H,1-2,9H2. The molecule has 3 rings (SSSR count). The van der Waals surface area contributed by atoms with Gasteiger partial charge in [-0.15, -0.1) is 0 Å². The molecule has 0 N–H and O–H groups in total. The molecule has 0 amide bonds. The molecule has 2 aromatic rings. The lowest BCUT2D eigenvalue weighted by Gasteiger charge is -1.99. The highest BCUT2D eigenvalue weighted by Gasteiger charge is 2.21. The second-order valence-corrected chi connectivity index (χ2v) is 4.81. The molecule has 1 saturated carbocycles. The third-order valence-corrected chi connectivity index (χ3v) is 3.17. The number of aromatic nitrogens is 2. The maximum atomic E-state index is 5.86. The fraction of sp³-hybridized carbons (Fsp3) is 0.308. The quantitative estimate of drug-likeness (QED) is 0.791. The van der Waals surface area contributed by atoms with Gasteiger partial charge in [0.25, 0.3) is 0 Å². The van der Waals surface area contributed by atoms with E-state index in [1.54, 1.807) is 0 Å². The van der Waals surface area contributed by atoms with E-state index in [1.807, 2.05) is 28.9 Å². The minimum absolute atomic E-state index is 0.765. The zero-order valence-electron chi connectivity index (χ0n) is 8.94. The molecule has 0 radical (unpaired) electrons. The van der Waals surface area contributed by atoms with Crippen molar-refractivity contribution in [2.24, 2.45) is 5.92 Å². The smallest absolute Gasteiger partial charge is 0.0923 e. The van der Waals surface area contributed by atoms with Gasteiger partial charge in [-0.3, -0.25) is 4.68 Å². The average Bonchev–Trinajstić information content (AvgIpc) is 2.97. The molecule has 1 heterocycles. The van der Waals surface area contributed by atoms with Crippen LogP contribution in [-0.2, 0) is 6.54 Å². The number of nitrogens with zero attached hydrogens (tertiary/aromatic N) is 2. The largest absolute Gasteiger partial charge is 0.272 e. The molecule has 1 aromatic carbocycles. The normalized spacial score (nSPS) is 15.3. The Morgan fingerprint density at radius 2 is 1.94 bits per heavy atom. The van der Waals surface area contributed by atoms with Crippen LogP contribution in [0.4, 0.5) is 0 Å². The molecule has 1 aliphatic carbocycles. The van der Waals surface area contributed by atoms with Crippen molar-refractivity contribution in [2.45, 2.75) is 19.4 Å². The summed E-state index contributed by atoms with van der Waals surface area (Å²) in [5, 5.41) is 5.33. The van der Waals surface area contributed by atoms with Crippen LogP contribution in [0.25, 0.3) is 11.3 Å². The number of hydrogen-bond acceptors (Lipinski definition) is 1. The van der Waals surface area contributed by atoms with Gasteiger partial charge < -0.3 is 0 Å². The first kappa shape index (κ1) is 9.91. The van der Waals surface area contributed by atoms with Crippen LogP contribution in [0.3, 0.4) is 0 Å². The first-order valence-corrected chi connectivity index (χ1v) is 5.98. The Kier molecular flexibility index (Phi) is 2.44. The molecule has 1 aromatic heterocycles. The molecule has 3 heteroatoms. The lowest BCUT2D eigenvalue weighted by molar-refractivity contribution is 0.564. The third-order valence-electron chi connectivity index (χ3n) is 2.92. The Morgan fingerprint density at radius 3 is 2.62 bits per heavy atom. The van der Waals surface area contributed by atoms with Crippen molar-refractivity contribution < 1.29 is 0 Å². The number of benzene rings is 1. The summed E-state index contributed by atoms with van der Waals surface area (Å²) >= 11 is 5.86. The van der Waals surface area contributed by atoms with Gasteiger partial charge in [0.2, 0.25) is 0 Å². The van der Waals surface area contributed by atoms with E-state index in [1.165, 1.54) is 12.8 Å². The molecule has 82 valence electrons. The SMILES string of the molecule is Clc1ccc(-c2ccn(CC3CC3)n2)cc1. The van der Waals surface area contributed by atoms with Gasteiger partial charge in [-0.05, 0) is 37.0 Å². The lowest BCUT2D eigenvalue weighted by atomic mass is 10.2. The monoisotopic (exact) mass is 232 g/mol. The van der Waals surface area contributed by atoms with Gasteiger partial charge in [0.05, 0.1) is 5.69 Å². The van der Waals surface area contributed by atoms with E-state index < -0.39 is 0 Å². The molecule has 0 bridgehead atoms. The molecule has 0 unspecified atom stereocenters. The number of halogens is 1. The molecular weight excluding hydrogens is 220 g/mol. The zero-order chi connectivity index (χ0) is 11.0. The highest BCUT2D eigenvalue weighted by Crippen LogP contribution is 2.30. The van der Waals surface area contributed by atoms with Crippen LogP contribution in [0, 0.1) is 5.92 Å². The molecule has 1 aliphatic rings. The minimum atomic E-state index is 0.765. The summed E-state index contributed by atoms with van der Waals surface area (Å²) in [5.41, 5.74) is 2.15. The van der Waals surface area contributed by atoms with E-state index in [2.05, 4.69) is 17.4 Å². The summed E-state index contributed by atoms with van der Waals surface area (Å²) in [6, 6.07) is 9.87. The van der Waals surface area contributed by atoms with E-state index in [0.717, 1.165) is 28.7 Å². The third kappa shape index (κ3) is 2.12. The van der Waals surface area contributed by atoms with Crippen LogP contribution in [0.5, 0.6) is 0 Å². The highest BCUT2D eigenvalue weighted by molar-refractivity contribution is 6.30. The van der Waals surface area contributed by atoms with Crippen LogP contribution >= 0.6 is 11.6 Å². The van der Waals surface area contributed by atoms with E-state index in [4.69, 9.17) is 11.6 Å². The molecule has 0 spiro atoms. The van der Waals surface area contributed by atoms with Crippen LogP contribution in [0.15, 0.2) is 36.5 Å². The van der Waals surface area contributed by atoms with Crippen molar-refractivity contribution in [1.82, 2.24) is 9.78 Å². The minimum Gasteiger partial charge on any atom is -0.272 e. The number of rotatable bonds is 3. The van der Waals surface area contributed by atoms with Crippen LogP contribution < -0.4 is 0 Å². The molecular formula is C13H13ClN2. The van der Waals surface area contributed by atoms with Gasteiger partial charge in [0, 0.05) is 23.3 Å². The van der Waals surface area contributed by atoms with Crippen LogP contribution in [0.2, 0.25) is 5.02 Å². The number of hydrogen-bond donors (Lipinski definition) is 0. The Bertz CT molecular complexity index is 483. The first-order valence-electron chi connectivity index (χ1n) is 5.61. The van der Waals surface area contributed by atoms with Crippen molar-refractivity contribution >= 4 is 11.6 Å². The average molecular weight is 233 g/mol. The zero-order valence-corrected chi connectivity index (χ0v) is 9.69. The fourth-order valence-electron chi connectivity index (χ4n) is 1.80. The van der Waals surface area contributed by atoms with Crippen LogP contribution in [0.1, 0.15) is 12.8 Å². The second-order valence-electron chi connectivity index (χ2n) is 4.37. The Hall–Kier alpha value is -1.28. The predicted molar refractivity (Wildman–Crippen MR) is 65.4 cm³/mol. The fourth-order valence-corrected chi connectivity index (χ4v) is 1.93. The molecule has 0 saturated heterocycles. The first-order chi connectivity index (χ1) is 7.81. The summed E-state index contributed by atoms with van der Waals surface area (Å²) in [7, 11) is 0. The van der Waals surface area contributed by atoms with Gasteiger partial charge in [-0.25, -0.2) is 0 Å². The summed E-state index contributed by atoms with van der Waals surface area (Å²) < 4.78 is 2.04. The van der Waals surface area contributed by atoms with E-state index in [9.17, 15) is 0 Å². The summed E-state index contributed by atoms with van der Waals surface area (Å²) in [4.78, 5) is 0. The van der Waals surface area contributed by atoms with Gasteiger partial charge in [-0.1, -0.05) is 23.7 Å². The van der Waals surface area contributed by atoms with Gasteiger partial charge >= 0.3 is 0 Å². The maximum Gasteiger partial charge on any atom is 0.0923 e. The molecule has 0 aliphatic heterocycles. The van der Waals surface area contributed by atoms with Crippen molar-refractivity contribution in [1.29, 1.82) is 0 Å². The maximum absolute atomic E-state index is 5.86. The lowest BCUT2D eigenvalue weighted by Crippen LogP contribution is -1.99. The Labute approximate surface area is 99.9 Å². The van der Waals surface area contributed by atoms with E-state index in [0.29, 0.717) is 0 Å². The molecule has 1 fully saturated rings. The predicted octanol–water partition coefficient (Wildman–Crippen LogP) is 3.61. The van der Waals surface area contributed by atoms with Crippen molar-refractivity contribution in [3.05, 3.63) is 41.6 Å². The summed E-state index contributed by atoms with van der Waals surface area (Å²) in [6.45, 7) is 1.06. The molecule has 16 heavy (non-hydrogen) atoms. The second kappa shape index (κ2) is 3.95. The Morgan fingerprint density at radius 1 is 1.19 bits per heavy atom.